The predicted octanol–water partition coefficient (Wildman–Crippen LogP) is -0.0264. The number of hydrogen-bond donors (Lipinski definition) is 3. The molecule has 0 aliphatic rings. The van der Waals surface area contributed by atoms with E-state index in [4.69, 9.17) is 15.2 Å². The third-order valence-corrected chi connectivity index (χ3v) is 1.79. The highest BCUT2D eigenvalue weighted by Crippen LogP contribution is 2.17. The topological polar surface area (TPSA) is 60.7 Å². The lowest BCUT2D eigenvalue weighted by atomic mass is 9.79. The van der Waals surface area contributed by atoms with Gasteiger partial charge in [-0.3, -0.25) is 0 Å². The number of phenolic OH excluding ortho intramolecular Hbond substituents is 1. The Kier molecular flexibility index (Phi) is 2.71. The van der Waals surface area contributed by atoms with Gasteiger partial charge in [-0.2, -0.15) is 0 Å². The molecule has 0 spiro atoms. The fourth-order valence-electron chi connectivity index (χ4n) is 0.827. The van der Waals surface area contributed by atoms with Crippen LogP contribution in [0.3, 0.4) is 0 Å². The van der Waals surface area contributed by atoms with Gasteiger partial charge in [0.15, 0.2) is 0 Å². The first kappa shape index (κ1) is 9.50. The minimum absolute atomic E-state index is 0.335. The van der Waals surface area contributed by atoms with Crippen LogP contribution in [0.2, 0.25) is 0 Å². The van der Waals surface area contributed by atoms with E-state index in [1.54, 1.807) is 0 Å². The molecule has 6 heteroatoms. The molecular formula is C6H5BBrFO3. The Morgan fingerprint density at radius 1 is 1.33 bits per heavy atom. The number of phenols is 1. The molecule has 1 rings (SSSR count). The van der Waals surface area contributed by atoms with Crippen molar-refractivity contribution in [3.05, 3.63) is 22.4 Å². The van der Waals surface area contributed by atoms with E-state index < -0.39 is 24.1 Å². The fourth-order valence-corrected chi connectivity index (χ4v) is 1.24. The van der Waals surface area contributed by atoms with Crippen LogP contribution >= 0.6 is 15.9 Å². The average molecular weight is 235 g/mol. The van der Waals surface area contributed by atoms with Gasteiger partial charge in [0.25, 0.3) is 0 Å². The van der Waals surface area contributed by atoms with Gasteiger partial charge < -0.3 is 15.2 Å². The normalized spacial score (nSPS) is 10.0. The van der Waals surface area contributed by atoms with Gasteiger partial charge in [-0.15, -0.1) is 0 Å². The molecule has 0 aliphatic carbocycles. The number of aromatic hydroxyl groups is 1. The SMILES string of the molecule is OB(O)c1c(O)cc(Br)cc1F. The second-order valence-electron chi connectivity index (χ2n) is 2.19. The van der Waals surface area contributed by atoms with E-state index in [-0.39, 0.29) is 0 Å². The van der Waals surface area contributed by atoms with Gasteiger partial charge in [0.05, 0.1) is 5.46 Å². The van der Waals surface area contributed by atoms with E-state index >= 15 is 0 Å². The Bertz CT molecular complexity index is 282. The summed E-state index contributed by atoms with van der Waals surface area (Å²) in [5.41, 5.74) is -0.516. The summed E-state index contributed by atoms with van der Waals surface area (Å²) in [5.74, 6) is -1.35. The zero-order valence-corrected chi connectivity index (χ0v) is 7.42. The van der Waals surface area contributed by atoms with Crippen LogP contribution in [-0.2, 0) is 0 Å². The van der Waals surface area contributed by atoms with E-state index in [1.807, 2.05) is 0 Å². The summed E-state index contributed by atoms with van der Waals surface area (Å²) in [7, 11) is -2.00. The van der Waals surface area contributed by atoms with E-state index in [9.17, 15) is 4.39 Å². The Balaban J connectivity index is 3.28. The summed E-state index contributed by atoms with van der Waals surface area (Å²) in [6, 6.07) is 2.21. The van der Waals surface area contributed by atoms with Gasteiger partial charge >= 0.3 is 7.12 Å². The summed E-state index contributed by atoms with van der Waals surface area (Å²) in [5, 5.41) is 26.3. The second-order valence-corrected chi connectivity index (χ2v) is 3.11. The summed E-state index contributed by atoms with van der Waals surface area (Å²) in [4.78, 5) is 0. The molecule has 12 heavy (non-hydrogen) atoms. The molecule has 0 aliphatic heterocycles. The van der Waals surface area contributed by atoms with Gasteiger partial charge in [-0.25, -0.2) is 4.39 Å². The van der Waals surface area contributed by atoms with Crippen molar-refractivity contribution in [2.45, 2.75) is 0 Å². The van der Waals surface area contributed by atoms with E-state index in [1.165, 1.54) is 6.07 Å². The monoisotopic (exact) mass is 234 g/mol. The first-order chi connectivity index (χ1) is 5.52. The third kappa shape index (κ3) is 1.77. The van der Waals surface area contributed by atoms with Gasteiger partial charge in [-0.05, 0) is 12.1 Å². The molecule has 0 radical (unpaired) electrons. The molecule has 0 heterocycles. The maximum absolute atomic E-state index is 12.9. The second kappa shape index (κ2) is 3.43. The molecule has 0 fully saturated rings. The van der Waals surface area contributed by atoms with E-state index in [0.29, 0.717) is 4.47 Å². The lowest BCUT2D eigenvalue weighted by Crippen LogP contribution is -2.32. The molecule has 64 valence electrons. The molecule has 3 nitrogen and oxygen atoms in total. The zero-order chi connectivity index (χ0) is 9.30. The van der Waals surface area contributed by atoms with Crippen molar-refractivity contribution < 1.29 is 19.5 Å². The summed E-state index contributed by atoms with van der Waals surface area (Å²) in [6.07, 6.45) is 0. The van der Waals surface area contributed by atoms with Crippen molar-refractivity contribution >= 4 is 28.5 Å². The van der Waals surface area contributed by atoms with Crippen molar-refractivity contribution in [1.29, 1.82) is 0 Å². The van der Waals surface area contributed by atoms with Crippen molar-refractivity contribution in [3.8, 4) is 5.75 Å². The number of rotatable bonds is 1. The number of halogens is 2. The van der Waals surface area contributed by atoms with Crippen LogP contribution in [0, 0.1) is 5.82 Å². The molecule has 1 aromatic rings. The summed E-state index contributed by atoms with van der Waals surface area (Å²) >= 11 is 2.93. The summed E-state index contributed by atoms with van der Waals surface area (Å²) < 4.78 is 13.2. The molecule has 0 amide bonds. The average Bonchev–Trinajstić information content (AvgIpc) is 1.82. The summed E-state index contributed by atoms with van der Waals surface area (Å²) in [6.45, 7) is 0. The van der Waals surface area contributed by atoms with E-state index in [0.717, 1.165) is 6.07 Å². The lowest BCUT2D eigenvalue weighted by molar-refractivity contribution is 0.415. The van der Waals surface area contributed by atoms with Gasteiger partial charge in [0.2, 0.25) is 0 Å². The molecule has 1 aromatic carbocycles. The zero-order valence-electron chi connectivity index (χ0n) is 5.83. The largest absolute Gasteiger partial charge is 0.508 e. The minimum atomic E-state index is -2.00. The molecular weight excluding hydrogens is 230 g/mol. The Hall–Kier alpha value is -0.585. The van der Waals surface area contributed by atoms with Crippen LogP contribution in [0.5, 0.6) is 5.75 Å². The highest BCUT2D eigenvalue weighted by atomic mass is 79.9. The minimum Gasteiger partial charge on any atom is -0.508 e. The molecule has 0 atom stereocenters. The van der Waals surface area contributed by atoms with E-state index in [2.05, 4.69) is 15.9 Å². The van der Waals surface area contributed by atoms with Crippen LogP contribution in [-0.4, -0.2) is 22.3 Å². The lowest BCUT2D eigenvalue weighted by Gasteiger charge is -2.04. The Labute approximate surface area is 76.7 Å². The highest BCUT2D eigenvalue weighted by Gasteiger charge is 2.21. The van der Waals surface area contributed by atoms with Crippen LogP contribution in [0.1, 0.15) is 0 Å². The molecule has 0 saturated heterocycles. The third-order valence-electron chi connectivity index (χ3n) is 1.33. The Morgan fingerprint density at radius 3 is 2.33 bits per heavy atom. The highest BCUT2D eigenvalue weighted by molar-refractivity contribution is 9.10. The molecule has 0 bridgehead atoms. The molecule has 3 N–H and O–H groups in total. The quantitative estimate of drug-likeness (QED) is 0.599. The first-order valence-corrected chi connectivity index (χ1v) is 3.85. The first-order valence-electron chi connectivity index (χ1n) is 3.06. The smallest absolute Gasteiger partial charge is 0.495 e. The maximum atomic E-state index is 12.9. The van der Waals surface area contributed by atoms with Crippen molar-refractivity contribution in [1.82, 2.24) is 0 Å². The number of benzene rings is 1. The van der Waals surface area contributed by atoms with Crippen molar-refractivity contribution in [2.75, 3.05) is 0 Å². The predicted molar refractivity (Wildman–Crippen MR) is 45.6 cm³/mol. The maximum Gasteiger partial charge on any atom is 0.495 e. The molecule has 0 aromatic heterocycles. The van der Waals surface area contributed by atoms with Crippen LogP contribution in [0.25, 0.3) is 0 Å². The van der Waals surface area contributed by atoms with Crippen LogP contribution < -0.4 is 5.46 Å². The van der Waals surface area contributed by atoms with Gasteiger partial charge in [0, 0.05) is 4.47 Å². The molecule has 0 unspecified atom stereocenters. The van der Waals surface area contributed by atoms with Crippen molar-refractivity contribution in [3.63, 3.8) is 0 Å². The van der Waals surface area contributed by atoms with Gasteiger partial charge in [-0.1, -0.05) is 15.9 Å². The standard InChI is InChI=1S/C6H5BBrFO3/c8-3-1-4(9)6(7(11)12)5(10)2-3/h1-2,10-12H. The van der Waals surface area contributed by atoms with Crippen molar-refractivity contribution in [2.24, 2.45) is 0 Å². The van der Waals surface area contributed by atoms with Crippen LogP contribution in [0.15, 0.2) is 16.6 Å². The fraction of sp³-hybridized carbons (Fsp3) is 0. The van der Waals surface area contributed by atoms with Gasteiger partial charge in [0.1, 0.15) is 11.6 Å². The Morgan fingerprint density at radius 2 is 1.92 bits per heavy atom. The van der Waals surface area contributed by atoms with Crippen LogP contribution in [0.4, 0.5) is 4.39 Å². The molecule has 0 saturated carbocycles. The number of hydrogen-bond acceptors (Lipinski definition) is 3.